The molecule has 2 heterocycles. The third kappa shape index (κ3) is 2.44. The van der Waals surface area contributed by atoms with Crippen LogP contribution in [0.1, 0.15) is 0 Å². The van der Waals surface area contributed by atoms with E-state index >= 15 is 0 Å². The summed E-state index contributed by atoms with van der Waals surface area (Å²) >= 11 is 0. The van der Waals surface area contributed by atoms with E-state index in [1.54, 1.807) is 0 Å². The SMILES string of the molecule is COP12(OCCO1)OC(C(F)(F)F)(C(F)(F)F)OC2(C(F)(F)F)C(F)(F)F. The molecule has 0 N–H and O–H groups in total. The second-order valence-electron chi connectivity index (χ2n) is 5.11. The summed E-state index contributed by atoms with van der Waals surface area (Å²) in [5, 5.41) is -6.36. The molecule has 27 heavy (non-hydrogen) atoms. The maximum absolute atomic E-state index is 13.5. The van der Waals surface area contributed by atoms with Crippen LogP contribution in [-0.2, 0) is 22.8 Å². The van der Waals surface area contributed by atoms with Gasteiger partial charge in [0.15, 0.2) is 0 Å². The van der Waals surface area contributed by atoms with Crippen LogP contribution in [0.5, 0.6) is 0 Å². The number of hydrogen-bond donors (Lipinski definition) is 0. The Balaban J connectivity index is 3.02. The summed E-state index contributed by atoms with van der Waals surface area (Å²) in [5.74, 6) is -6.40. The van der Waals surface area contributed by atoms with Crippen molar-refractivity contribution in [3.63, 3.8) is 0 Å². The Hall–Kier alpha value is -0.610. The minimum atomic E-state index is -7.82. The van der Waals surface area contributed by atoms with E-state index < -0.39 is 56.6 Å². The topological polar surface area (TPSA) is 46.2 Å². The monoisotopic (exact) mass is 454 g/mol. The molecule has 0 radical (unpaired) electrons. The Morgan fingerprint density at radius 1 is 0.704 bits per heavy atom. The second kappa shape index (κ2) is 5.50. The summed E-state index contributed by atoms with van der Waals surface area (Å²) in [5.41, 5.74) is 0. The van der Waals surface area contributed by atoms with Gasteiger partial charge < -0.3 is 0 Å². The van der Waals surface area contributed by atoms with Crippen LogP contribution < -0.4 is 0 Å². The van der Waals surface area contributed by atoms with Crippen LogP contribution in [-0.4, -0.2) is 56.2 Å². The number of hydrogen-bond acceptors (Lipinski definition) is 5. The average Bonchev–Trinajstić information content (AvgIpc) is 2.98. The Morgan fingerprint density at radius 2 is 1.07 bits per heavy atom. The van der Waals surface area contributed by atoms with E-state index in [1.807, 2.05) is 0 Å². The zero-order chi connectivity index (χ0) is 21.4. The van der Waals surface area contributed by atoms with Crippen molar-refractivity contribution < 1.29 is 75.5 Å². The third-order valence-corrected chi connectivity index (χ3v) is 7.72. The zero-order valence-corrected chi connectivity index (χ0v) is 13.3. The molecule has 5 nitrogen and oxygen atoms in total. The van der Waals surface area contributed by atoms with Crippen molar-refractivity contribution in [3.05, 3.63) is 0 Å². The molecular formula is C9H7F12O5P. The van der Waals surface area contributed by atoms with Gasteiger partial charge in [-0.05, 0) is 0 Å². The van der Waals surface area contributed by atoms with Crippen molar-refractivity contribution in [1.29, 1.82) is 0 Å². The van der Waals surface area contributed by atoms with Gasteiger partial charge in [0.25, 0.3) is 0 Å². The van der Waals surface area contributed by atoms with Gasteiger partial charge >= 0.3 is 139 Å². The van der Waals surface area contributed by atoms with Gasteiger partial charge in [0, 0.05) is 0 Å². The average molecular weight is 454 g/mol. The van der Waals surface area contributed by atoms with E-state index in [0.29, 0.717) is 0 Å². The number of alkyl halides is 12. The van der Waals surface area contributed by atoms with Crippen LogP contribution in [0.2, 0.25) is 0 Å². The summed E-state index contributed by atoms with van der Waals surface area (Å²) in [7, 11) is -7.90. The molecule has 0 aromatic heterocycles. The van der Waals surface area contributed by atoms with Crippen LogP contribution >= 0.6 is 7.51 Å². The first-order chi connectivity index (χ1) is 11.8. The Labute approximate surface area is 140 Å². The fraction of sp³-hybridized carbons (Fsp3) is 1.00. The first kappa shape index (κ1) is 22.7. The van der Waals surface area contributed by atoms with Crippen molar-refractivity contribution in [3.8, 4) is 0 Å². The van der Waals surface area contributed by atoms with Gasteiger partial charge in [-0.25, -0.2) is 0 Å². The minimum absolute atomic E-state index is 0.0818. The zero-order valence-electron chi connectivity index (χ0n) is 12.4. The quantitative estimate of drug-likeness (QED) is 0.429. The summed E-state index contributed by atoms with van der Waals surface area (Å²) in [6, 6.07) is 0. The van der Waals surface area contributed by atoms with Crippen LogP contribution in [0.25, 0.3) is 0 Å². The molecule has 0 aromatic carbocycles. The van der Waals surface area contributed by atoms with Gasteiger partial charge in [0.1, 0.15) is 0 Å². The van der Waals surface area contributed by atoms with Gasteiger partial charge in [-0.2, -0.15) is 0 Å². The summed E-state index contributed by atoms with van der Waals surface area (Å²) in [6.07, 6.45) is -27.9. The second-order valence-corrected chi connectivity index (χ2v) is 8.43. The Kier molecular flexibility index (Phi) is 4.62. The van der Waals surface area contributed by atoms with Crippen LogP contribution in [0, 0.1) is 0 Å². The van der Waals surface area contributed by atoms with E-state index in [-0.39, 0.29) is 7.11 Å². The molecule has 0 aliphatic carbocycles. The van der Waals surface area contributed by atoms with Gasteiger partial charge in [-0.1, -0.05) is 0 Å². The molecule has 0 atom stereocenters. The molecule has 0 aromatic rings. The van der Waals surface area contributed by atoms with Crippen molar-refractivity contribution in [1.82, 2.24) is 0 Å². The molecule has 2 aliphatic heterocycles. The van der Waals surface area contributed by atoms with Crippen LogP contribution in [0.3, 0.4) is 0 Å². The van der Waals surface area contributed by atoms with E-state index in [2.05, 4.69) is 22.8 Å². The Bertz CT molecular complexity index is 572. The van der Waals surface area contributed by atoms with Gasteiger partial charge in [0.2, 0.25) is 0 Å². The van der Waals surface area contributed by atoms with E-state index in [9.17, 15) is 52.7 Å². The van der Waals surface area contributed by atoms with Crippen molar-refractivity contribution in [2.75, 3.05) is 20.3 Å². The molecule has 0 unspecified atom stereocenters. The van der Waals surface area contributed by atoms with Crippen LogP contribution in [0.15, 0.2) is 0 Å². The standard InChI is InChI=1S/C9H7F12O5P/c1-22-27(23-2-3-24-27)5(8(16,17)18,9(19,20)21)25-4(26-27,6(10,11)12)7(13,14)15/h2-3H2,1H3. The summed E-state index contributed by atoms with van der Waals surface area (Å²) < 4.78 is 178. The summed E-state index contributed by atoms with van der Waals surface area (Å²) in [6.45, 7) is -2.59. The fourth-order valence-electron chi connectivity index (χ4n) is 2.59. The van der Waals surface area contributed by atoms with Crippen molar-refractivity contribution in [2.45, 2.75) is 35.8 Å². The predicted octanol–water partition coefficient (Wildman–Crippen LogP) is 4.58. The predicted molar refractivity (Wildman–Crippen MR) is 57.7 cm³/mol. The molecule has 2 rings (SSSR count). The summed E-state index contributed by atoms with van der Waals surface area (Å²) in [4.78, 5) is 0. The molecule has 2 aliphatic rings. The molecule has 18 heteroatoms. The van der Waals surface area contributed by atoms with Crippen LogP contribution in [0.4, 0.5) is 52.7 Å². The normalized spacial score (nSPS) is 28.9. The first-order valence-corrected chi connectivity index (χ1v) is 8.23. The van der Waals surface area contributed by atoms with Gasteiger partial charge in [-0.15, -0.1) is 0 Å². The van der Waals surface area contributed by atoms with Gasteiger partial charge in [-0.3, -0.25) is 0 Å². The first-order valence-electron chi connectivity index (χ1n) is 6.32. The fourth-order valence-corrected chi connectivity index (χ4v) is 6.38. The number of halogens is 12. The number of rotatable bonds is 1. The third-order valence-electron chi connectivity index (χ3n) is 3.63. The molecule has 2 fully saturated rings. The van der Waals surface area contributed by atoms with E-state index in [4.69, 9.17) is 0 Å². The molecule has 0 saturated carbocycles. The molecule has 162 valence electrons. The van der Waals surface area contributed by atoms with E-state index in [1.165, 1.54) is 0 Å². The molecule has 0 amide bonds. The Morgan fingerprint density at radius 3 is 1.33 bits per heavy atom. The number of ether oxygens (including phenoxy) is 1. The van der Waals surface area contributed by atoms with Gasteiger partial charge in [0.05, 0.1) is 0 Å². The molecular weight excluding hydrogens is 447 g/mol. The molecule has 0 bridgehead atoms. The molecule has 2 saturated heterocycles. The maximum atomic E-state index is 13.5. The van der Waals surface area contributed by atoms with E-state index in [0.717, 1.165) is 0 Å². The molecule has 1 spiro atoms. The van der Waals surface area contributed by atoms with Crippen molar-refractivity contribution >= 4 is 7.51 Å². The van der Waals surface area contributed by atoms with Crippen molar-refractivity contribution in [2.24, 2.45) is 0 Å².